The SMILES string of the molecule is CC(C)(C)OC(=O)NC(CCC(=O)N1CCc2ccccc2CC1)C(=O)O. The molecule has 0 saturated heterocycles. The van der Waals surface area contributed by atoms with Crippen LogP contribution in [0.1, 0.15) is 44.7 Å². The Morgan fingerprint density at radius 3 is 2.19 bits per heavy atom. The van der Waals surface area contributed by atoms with E-state index in [4.69, 9.17) is 4.74 Å². The number of carbonyl (C=O) groups excluding carboxylic acids is 2. The van der Waals surface area contributed by atoms with E-state index in [1.165, 1.54) is 11.1 Å². The summed E-state index contributed by atoms with van der Waals surface area (Å²) >= 11 is 0. The zero-order valence-corrected chi connectivity index (χ0v) is 16.2. The summed E-state index contributed by atoms with van der Waals surface area (Å²) in [5, 5.41) is 11.6. The van der Waals surface area contributed by atoms with Gasteiger partial charge < -0.3 is 20.1 Å². The Morgan fingerprint density at radius 2 is 1.70 bits per heavy atom. The normalized spacial score (nSPS) is 15.3. The van der Waals surface area contributed by atoms with E-state index in [0.29, 0.717) is 13.1 Å². The minimum absolute atomic E-state index is 0.0247. The summed E-state index contributed by atoms with van der Waals surface area (Å²) in [5.74, 6) is -1.28. The second-order valence-corrected chi connectivity index (χ2v) is 7.73. The van der Waals surface area contributed by atoms with Gasteiger partial charge in [-0.05, 0) is 51.2 Å². The van der Waals surface area contributed by atoms with E-state index >= 15 is 0 Å². The van der Waals surface area contributed by atoms with E-state index in [1.54, 1.807) is 25.7 Å². The lowest BCUT2D eigenvalue weighted by molar-refractivity contribution is -0.140. The first-order chi connectivity index (χ1) is 12.7. The van der Waals surface area contributed by atoms with Crippen molar-refractivity contribution in [3.63, 3.8) is 0 Å². The molecular formula is C20H28N2O5. The molecule has 2 rings (SSSR count). The molecule has 1 aromatic carbocycles. The van der Waals surface area contributed by atoms with Gasteiger partial charge in [-0.25, -0.2) is 9.59 Å². The van der Waals surface area contributed by atoms with Crippen molar-refractivity contribution >= 4 is 18.0 Å². The lowest BCUT2D eigenvalue weighted by Crippen LogP contribution is -2.44. The first-order valence-electron chi connectivity index (χ1n) is 9.22. The van der Waals surface area contributed by atoms with Crippen LogP contribution in [0.25, 0.3) is 0 Å². The zero-order valence-electron chi connectivity index (χ0n) is 16.2. The molecule has 0 fully saturated rings. The minimum Gasteiger partial charge on any atom is -0.480 e. The Morgan fingerprint density at radius 1 is 1.15 bits per heavy atom. The van der Waals surface area contributed by atoms with E-state index in [0.717, 1.165) is 12.8 Å². The molecule has 0 aromatic heterocycles. The number of carboxylic acids is 1. The van der Waals surface area contributed by atoms with Gasteiger partial charge in [0.25, 0.3) is 0 Å². The van der Waals surface area contributed by atoms with Crippen LogP contribution < -0.4 is 5.32 Å². The molecule has 1 aliphatic rings. The van der Waals surface area contributed by atoms with Gasteiger partial charge in [-0.3, -0.25) is 4.79 Å². The second-order valence-electron chi connectivity index (χ2n) is 7.73. The average Bonchev–Trinajstić information content (AvgIpc) is 2.79. The maximum atomic E-state index is 12.5. The molecule has 0 spiro atoms. The Bertz CT molecular complexity index is 669. The largest absolute Gasteiger partial charge is 0.480 e. The van der Waals surface area contributed by atoms with Crippen molar-refractivity contribution in [1.82, 2.24) is 10.2 Å². The topological polar surface area (TPSA) is 95.9 Å². The minimum atomic E-state index is -1.18. The third-order valence-corrected chi connectivity index (χ3v) is 4.41. The van der Waals surface area contributed by atoms with E-state index < -0.39 is 23.7 Å². The van der Waals surface area contributed by atoms with Crippen LogP contribution in [0.15, 0.2) is 24.3 Å². The fourth-order valence-electron chi connectivity index (χ4n) is 3.05. The molecule has 0 radical (unpaired) electrons. The third kappa shape index (κ3) is 6.58. The number of aliphatic carboxylic acids is 1. The average molecular weight is 376 g/mol. The molecule has 1 atom stereocenters. The molecule has 0 bridgehead atoms. The number of nitrogens with zero attached hydrogens (tertiary/aromatic N) is 1. The molecule has 1 heterocycles. The standard InChI is InChI=1S/C20H28N2O5/c1-20(2,3)27-19(26)21-16(18(24)25)8-9-17(23)22-12-10-14-6-4-5-7-15(14)11-13-22/h4-7,16H,8-13H2,1-3H3,(H,21,26)(H,24,25). The van der Waals surface area contributed by atoms with Crippen LogP contribution in [0.2, 0.25) is 0 Å². The van der Waals surface area contributed by atoms with E-state index in [9.17, 15) is 19.5 Å². The van der Waals surface area contributed by atoms with Gasteiger partial charge in [-0.2, -0.15) is 0 Å². The summed E-state index contributed by atoms with van der Waals surface area (Å²) in [6.07, 6.45) is 0.869. The number of hydrogen-bond donors (Lipinski definition) is 2. The maximum absolute atomic E-state index is 12.5. The number of benzene rings is 1. The van der Waals surface area contributed by atoms with Gasteiger partial charge in [0.1, 0.15) is 11.6 Å². The zero-order chi connectivity index (χ0) is 20.0. The molecule has 0 aliphatic carbocycles. The Balaban J connectivity index is 1.87. The fourth-order valence-corrected chi connectivity index (χ4v) is 3.05. The van der Waals surface area contributed by atoms with Crippen molar-refractivity contribution < 1.29 is 24.2 Å². The Labute approximate surface area is 159 Å². The van der Waals surface area contributed by atoms with Gasteiger partial charge >= 0.3 is 12.1 Å². The number of fused-ring (bicyclic) bond motifs is 1. The summed E-state index contributed by atoms with van der Waals surface area (Å²) in [4.78, 5) is 37.5. The maximum Gasteiger partial charge on any atom is 0.408 e. The van der Waals surface area contributed by atoms with Gasteiger partial charge in [0.15, 0.2) is 0 Å². The predicted octanol–water partition coefficient (Wildman–Crippen LogP) is 2.37. The van der Waals surface area contributed by atoms with Crippen molar-refractivity contribution in [3.8, 4) is 0 Å². The van der Waals surface area contributed by atoms with Crippen LogP contribution in [-0.2, 0) is 27.2 Å². The molecule has 2 amide bonds. The summed E-state index contributed by atoms with van der Waals surface area (Å²) in [6, 6.07) is 6.99. The number of amides is 2. The number of carbonyl (C=O) groups is 3. The molecule has 7 nitrogen and oxygen atoms in total. The molecule has 1 aromatic rings. The van der Waals surface area contributed by atoms with E-state index in [2.05, 4.69) is 17.4 Å². The van der Waals surface area contributed by atoms with Crippen LogP contribution in [-0.4, -0.2) is 52.7 Å². The van der Waals surface area contributed by atoms with Crippen molar-refractivity contribution in [2.24, 2.45) is 0 Å². The van der Waals surface area contributed by atoms with Crippen molar-refractivity contribution in [2.45, 2.75) is 58.1 Å². The molecule has 7 heteroatoms. The monoisotopic (exact) mass is 376 g/mol. The third-order valence-electron chi connectivity index (χ3n) is 4.41. The van der Waals surface area contributed by atoms with Gasteiger partial charge in [-0.15, -0.1) is 0 Å². The number of hydrogen-bond acceptors (Lipinski definition) is 4. The van der Waals surface area contributed by atoms with Gasteiger partial charge in [0.2, 0.25) is 5.91 Å². The first-order valence-corrected chi connectivity index (χ1v) is 9.22. The molecule has 1 unspecified atom stereocenters. The Hall–Kier alpha value is -2.57. The molecule has 148 valence electrons. The number of carboxylic acid groups (broad SMARTS) is 1. The highest BCUT2D eigenvalue weighted by atomic mass is 16.6. The predicted molar refractivity (Wildman–Crippen MR) is 100 cm³/mol. The fraction of sp³-hybridized carbons (Fsp3) is 0.550. The first kappa shape index (κ1) is 20.7. The van der Waals surface area contributed by atoms with Crippen molar-refractivity contribution in [1.29, 1.82) is 0 Å². The Kier molecular flexibility index (Phi) is 6.82. The van der Waals surface area contributed by atoms with Crippen LogP contribution >= 0.6 is 0 Å². The van der Waals surface area contributed by atoms with Crippen LogP contribution in [0.3, 0.4) is 0 Å². The smallest absolute Gasteiger partial charge is 0.408 e. The molecule has 27 heavy (non-hydrogen) atoms. The quantitative estimate of drug-likeness (QED) is 0.822. The number of alkyl carbamates (subject to hydrolysis) is 1. The lowest BCUT2D eigenvalue weighted by Gasteiger charge is -2.23. The molecule has 1 aliphatic heterocycles. The van der Waals surface area contributed by atoms with Gasteiger partial charge in [0, 0.05) is 19.5 Å². The van der Waals surface area contributed by atoms with Crippen LogP contribution in [0.4, 0.5) is 4.79 Å². The number of nitrogens with one attached hydrogen (secondary N) is 1. The summed E-state index contributed by atoms with van der Waals surface area (Å²) in [5.41, 5.74) is 1.79. The summed E-state index contributed by atoms with van der Waals surface area (Å²) in [7, 11) is 0. The van der Waals surface area contributed by atoms with Crippen LogP contribution in [0, 0.1) is 0 Å². The second kappa shape index (κ2) is 8.88. The molecule has 2 N–H and O–H groups in total. The number of rotatable bonds is 5. The van der Waals surface area contributed by atoms with E-state index in [1.807, 2.05) is 12.1 Å². The summed E-state index contributed by atoms with van der Waals surface area (Å²) < 4.78 is 5.09. The van der Waals surface area contributed by atoms with Crippen molar-refractivity contribution in [2.75, 3.05) is 13.1 Å². The van der Waals surface area contributed by atoms with E-state index in [-0.39, 0.29) is 18.7 Å². The summed E-state index contributed by atoms with van der Waals surface area (Å²) in [6.45, 7) is 6.33. The van der Waals surface area contributed by atoms with Gasteiger partial charge in [0.05, 0.1) is 0 Å². The molecular weight excluding hydrogens is 348 g/mol. The van der Waals surface area contributed by atoms with Crippen molar-refractivity contribution in [3.05, 3.63) is 35.4 Å². The molecule has 0 saturated carbocycles. The highest BCUT2D eigenvalue weighted by molar-refractivity contribution is 5.82. The van der Waals surface area contributed by atoms with Gasteiger partial charge in [-0.1, -0.05) is 24.3 Å². The van der Waals surface area contributed by atoms with Crippen LogP contribution in [0.5, 0.6) is 0 Å². The lowest BCUT2D eigenvalue weighted by atomic mass is 10.0. The highest BCUT2D eigenvalue weighted by Crippen LogP contribution is 2.16. The number of ether oxygens (including phenoxy) is 1. The highest BCUT2D eigenvalue weighted by Gasteiger charge is 2.26.